The van der Waals surface area contributed by atoms with Gasteiger partial charge in [0.15, 0.2) is 5.69 Å². The SMILES string of the molecule is NSc1cc(NC(=O)Cc2ccccc2Cl)cc2c(C(F)(F)F)nccc12. The van der Waals surface area contributed by atoms with Crippen LogP contribution in [0.2, 0.25) is 5.02 Å². The molecule has 2 aromatic carbocycles. The molecule has 1 amide bonds. The average Bonchev–Trinajstić information content (AvgIpc) is 2.61. The number of halogens is 4. The Kier molecular flexibility index (Phi) is 5.59. The minimum Gasteiger partial charge on any atom is -0.326 e. The van der Waals surface area contributed by atoms with E-state index >= 15 is 0 Å². The maximum atomic E-state index is 13.3. The zero-order valence-corrected chi connectivity index (χ0v) is 15.3. The van der Waals surface area contributed by atoms with E-state index in [1.807, 2.05) is 0 Å². The molecule has 1 heterocycles. The highest BCUT2D eigenvalue weighted by Crippen LogP contribution is 2.37. The molecule has 0 aliphatic rings. The van der Waals surface area contributed by atoms with Crippen molar-refractivity contribution in [1.29, 1.82) is 0 Å². The summed E-state index contributed by atoms with van der Waals surface area (Å²) in [6, 6.07) is 11.1. The third-order valence-corrected chi connectivity index (χ3v) is 4.79. The minimum absolute atomic E-state index is 0.0119. The summed E-state index contributed by atoms with van der Waals surface area (Å²) < 4.78 is 39.8. The maximum absolute atomic E-state index is 13.3. The van der Waals surface area contributed by atoms with Crippen LogP contribution in [0, 0.1) is 0 Å². The molecule has 0 spiro atoms. The highest BCUT2D eigenvalue weighted by Gasteiger charge is 2.34. The molecule has 27 heavy (non-hydrogen) atoms. The van der Waals surface area contributed by atoms with Gasteiger partial charge < -0.3 is 5.32 Å². The summed E-state index contributed by atoms with van der Waals surface area (Å²) in [5, 5.41) is 8.83. The zero-order valence-electron chi connectivity index (χ0n) is 13.7. The molecule has 0 bridgehead atoms. The number of carbonyl (C=O) groups excluding carboxylic acids is 1. The van der Waals surface area contributed by atoms with E-state index in [1.165, 1.54) is 18.2 Å². The van der Waals surface area contributed by atoms with E-state index in [4.69, 9.17) is 16.7 Å². The maximum Gasteiger partial charge on any atom is 0.433 e. The van der Waals surface area contributed by atoms with Crippen LogP contribution in [-0.2, 0) is 17.4 Å². The monoisotopic (exact) mass is 411 g/mol. The molecule has 3 aromatic rings. The first kappa shape index (κ1) is 19.5. The second-order valence-corrected chi connectivity index (χ2v) is 6.74. The van der Waals surface area contributed by atoms with E-state index in [-0.39, 0.29) is 17.5 Å². The van der Waals surface area contributed by atoms with Gasteiger partial charge in [-0.05, 0) is 41.8 Å². The Bertz CT molecular complexity index is 1010. The smallest absolute Gasteiger partial charge is 0.326 e. The number of fused-ring (bicyclic) bond motifs is 1. The van der Waals surface area contributed by atoms with Crippen LogP contribution in [0.25, 0.3) is 10.8 Å². The molecule has 0 aliphatic heterocycles. The first-order valence-corrected chi connectivity index (χ1v) is 8.95. The van der Waals surface area contributed by atoms with Gasteiger partial charge in [-0.3, -0.25) is 14.9 Å². The van der Waals surface area contributed by atoms with Gasteiger partial charge in [0, 0.05) is 32.6 Å². The lowest BCUT2D eigenvalue weighted by Crippen LogP contribution is -2.15. The topological polar surface area (TPSA) is 68.0 Å². The number of anilines is 1. The molecular weight excluding hydrogens is 399 g/mol. The fourth-order valence-electron chi connectivity index (χ4n) is 2.67. The number of hydrogen-bond donors (Lipinski definition) is 2. The van der Waals surface area contributed by atoms with Gasteiger partial charge in [0.1, 0.15) is 0 Å². The van der Waals surface area contributed by atoms with E-state index in [2.05, 4.69) is 10.3 Å². The summed E-state index contributed by atoms with van der Waals surface area (Å²) >= 11 is 6.83. The first-order valence-electron chi connectivity index (χ1n) is 7.69. The van der Waals surface area contributed by atoms with Crippen LogP contribution >= 0.6 is 23.5 Å². The van der Waals surface area contributed by atoms with Gasteiger partial charge in [-0.15, -0.1) is 0 Å². The largest absolute Gasteiger partial charge is 0.433 e. The van der Waals surface area contributed by atoms with E-state index in [0.29, 0.717) is 20.9 Å². The predicted octanol–water partition coefficient (Wildman–Crippen LogP) is 5.05. The molecule has 0 saturated heterocycles. The van der Waals surface area contributed by atoms with Crippen molar-refractivity contribution in [2.75, 3.05) is 5.32 Å². The summed E-state index contributed by atoms with van der Waals surface area (Å²) in [6.07, 6.45) is -3.56. The predicted molar refractivity (Wildman–Crippen MR) is 101 cm³/mol. The number of nitrogens with two attached hydrogens (primary N) is 1. The molecule has 3 N–H and O–H groups in total. The highest BCUT2D eigenvalue weighted by atomic mass is 35.5. The van der Waals surface area contributed by atoms with Gasteiger partial charge in [-0.2, -0.15) is 13.2 Å². The van der Waals surface area contributed by atoms with Crippen molar-refractivity contribution in [3.05, 3.63) is 64.9 Å². The number of aromatic nitrogens is 1. The Hall–Kier alpha value is -2.29. The van der Waals surface area contributed by atoms with Crippen LogP contribution in [0.1, 0.15) is 11.3 Å². The molecule has 0 saturated carbocycles. The number of nitrogens with zero attached hydrogens (tertiary/aromatic N) is 1. The van der Waals surface area contributed by atoms with Crippen LogP contribution in [0.15, 0.2) is 53.6 Å². The Labute approximate surface area is 162 Å². The molecular formula is C18H13ClF3N3OS. The summed E-state index contributed by atoms with van der Waals surface area (Å²) in [6.45, 7) is 0. The number of hydrogen-bond acceptors (Lipinski definition) is 4. The second-order valence-electron chi connectivity index (χ2n) is 5.66. The second kappa shape index (κ2) is 7.75. The summed E-state index contributed by atoms with van der Waals surface area (Å²) in [5.74, 6) is -0.409. The van der Waals surface area contributed by atoms with Crippen LogP contribution in [-0.4, -0.2) is 10.9 Å². The molecule has 0 fully saturated rings. The van der Waals surface area contributed by atoms with Crippen LogP contribution in [0.3, 0.4) is 0 Å². The Morgan fingerprint density at radius 2 is 1.93 bits per heavy atom. The number of alkyl halides is 3. The zero-order chi connectivity index (χ0) is 19.6. The van der Waals surface area contributed by atoms with Crippen molar-refractivity contribution >= 4 is 45.9 Å². The van der Waals surface area contributed by atoms with Gasteiger partial charge in [-0.1, -0.05) is 29.8 Å². The van der Waals surface area contributed by atoms with Crippen molar-refractivity contribution in [3.8, 4) is 0 Å². The lowest BCUT2D eigenvalue weighted by atomic mass is 10.1. The number of carbonyl (C=O) groups is 1. The third kappa shape index (κ3) is 4.35. The fraction of sp³-hybridized carbons (Fsp3) is 0.111. The molecule has 0 atom stereocenters. The fourth-order valence-corrected chi connectivity index (χ4v) is 3.37. The van der Waals surface area contributed by atoms with Crippen molar-refractivity contribution in [2.45, 2.75) is 17.5 Å². The molecule has 4 nitrogen and oxygen atoms in total. The number of benzene rings is 2. The Balaban J connectivity index is 1.97. The van der Waals surface area contributed by atoms with E-state index in [0.717, 1.165) is 18.1 Å². The molecule has 0 aliphatic carbocycles. The molecule has 3 rings (SSSR count). The molecule has 0 unspecified atom stereocenters. The summed E-state index contributed by atoms with van der Waals surface area (Å²) in [7, 11) is 0. The van der Waals surface area contributed by atoms with Gasteiger partial charge in [0.25, 0.3) is 0 Å². The van der Waals surface area contributed by atoms with Gasteiger partial charge in [0.2, 0.25) is 5.91 Å². The number of rotatable bonds is 4. The average molecular weight is 412 g/mol. The molecule has 0 radical (unpaired) electrons. The number of nitrogens with one attached hydrogen (secondary N) is 1. The molecule has 140 valence electrons. The standard InChI is InChI=1S/C18H13ClF3N3OS/c19-14-4-2-1-3-10(14)7-16(26)25-11-8-13-12(15(9-11)27-23)5-6-24-17(13)18(20,21)22/h1-6,8-9H,7,23H2,(H,25,26). The molecule has 9 heteroatoms. The van der Waals surface area contributed by atoms with Crippen molar-refractivity contribution in [2.24, 2.45) is 5.14 Å². The Morgan fingerprint density at radius 1 is 1.19 bits per heavy atom. The van der Waals surface area contributed by atoms with Gasteiger partial charge in [0.05, 0.1) is 6.42 Å². The number of amides is 1. The summed E-state index contributed by atoms with van der Waals surface area (Å²) in [5.41, 5.74) is -0.216. The summed E-state index contributed by atoms with van der Waals surface area (Å²) in [4.78, 5) is 16.2. The number of pyridine rings is 1. The van der Waals surface area contributed by atoms with E-state index < -0.39 is 17.8 Å². The first-order chi connectivity index (χ1) is 12.8. The molecule has 1 aromatic heterocycles. The van der Waals surface area contributed by atoms with Gasteiger partial charge in [-0.25, -0.2) is 0 Å². The van der Waals surface area contributed by atoms with Crippen molar-refractivity contribution in [3.63, 3.8) is 0 Å². The van der Waals surface area contributed by atoms with E-state index in [9.17, 15) is 18.0 Å². The normalized spacial score (nSPS) is 11.6. The van der Waals surface area contributed by atoms with Gasteiger partial charge >= 0.3 is 6.18 Å². The van der Waals surface area contributed by atoms with E-state index in [1.54, 1.807) is 24.3 Å². The van der Waals surface area contributed by atoms with Crippen LogP contribution < -0.4 is 10.5 Å². The minimum atomic E-state index is -4.63. The van der Waals surface area contributed by atoms with Crippen LogP contribution in [0.4, 0.5) is 18.9 Å². The van der Waals surface area contributed by atoms with Crippen LogP contribution in [0.5, 0.6) is 0 Å². The quantitative estimate of drug-likeness (QED) is 0.589. The van der Waals surface area contributed by atoms with Crippen molar-refractivity contribution < 1.29 is 18.0 Å². The highest BCUT2D eigenvalue weighted by molar-refractivity contribution is 7.97. The Morgan fingerprint density at radius 3 is 2.59 bits per heavy atom. The third-order valence-electron chi connectivity index (χ3n) is 3.83. The van der Waals surface area contributed by atoms with Crippen molar-refractivity contribution in [1.82, 2.24) is 4.98 Å². The lowest BCUT2D eigenvalue weighted by molar-refractivity contribution is -0.139. The lowest BCUT2D eigenvalue weighted by Gasteiger charge is -2.14.